The summed E-state index contributed by atoms with van der Waals surface area (Å²) in [7, 11) is 0. The van der Waals surface area contributed by atoms with Gasteiger partial charge in [-0.25, -0.2) is 4.98 Å². The Balaban J connectivity index is 1.45. The number of carbonyl (C=O) groups is 1. The summed E-state index contributed by atoms with van der Waals surface area (Å²) >= 11 is 0. The maximum atomic E-state index is 12.3. The van der Waals surface area contributed by atoms with E-state index < -0.39 is 0 Å². The van der Waals surface area contributed by atoms with Gasteiger partial charge in [-0.05, 0) is 29.5 Å². The van der Waals surface area contributed by atoms with Crippen molar-refractivity contribution >= 4 is 5.91 Å². The molecule has 0 N–H and O–H groups in total. The lowest BCUT2D eigenvalue weighted by Gasteiger charge is -2.12. The Labute approximate surface area is 147 Å². The highest BCUT2D eigenvalue weighted by Gasteiger charge is 2.22. The van der Waals surface area contributed by atoms with Crippen LogP contribution in [0, 0.1) is 0 Å². The van der Waals surface area contributed by atoms with Gasteiger partial charge in [0.2, 0.25) is 0 Å². The molecule has 1 saturated heterocycles. The summed E-state index contributed by atoms with van der Waals surface area (Å²) in [6.07, 6.45) is 4.21. The van der Waals surface area contributed by atoms with Crippen molar-refractivity contribution in [2.45, 2.75) is 19.3 Å². The predicted molar refractivity (Wildman–Crippen MR) is 96.3 cm³/mol. The van der Waals surface area contributed by atoms with Crippen molar-refractivity contribution in [3.8, 4) is 11.1 Å². The number of likely N-dealkylation sites (tertiary alicyclic amines) is 1. The Morgan fingerprint density at radius 2 is 1.64 bits per heavy atom. The number of aromatic nitrogens is 1. The molecular formula is C21H20N2O2. The molecule has 1 amide bonds. The zero-order chi connectivity index (χ0) is 17.1. The quantitative estimate of drug-likeness (QED) is 0.720. The average Bonchev–Trinajstić information content (AvgIpc) is 3.35. The molecule has 2 aromatic carbocycles. The molecule has 2 heterocycles. The molecule has 1 aliphatic rings. The van der Waals surface area contributed by atoms with E-state index in [0.717, 1.165) is 31.5 Å². The van der Waals surface area contributed by atoms with Crippen LogP contribution < -0.4 is 0 Å². The van der Waals surface area contributed by atoms with Crippen LogP contribution in [0.25, 0.3) is 11.1 Å². The van der Waals surface area contributed by atoms with Gasteiger partial charge in [0.15, 0.2) is 11.6 Å². The van der Waals surface area contributed by atoms with Gasteiger partial charge in [0.25, 0.3) is 5.91 Å². The van der Waals surface area contributed by atoms with Crippen LogP contribution in [0.3, 0.4) is 0 Å². The lowest BCUT2D eigenvalue weighted by atomic mass is 10.0. The SMILES string of the molecule is O=C(c1coc(Cc2ccc(-c3ccccc3)cc2)n1)N1CCCC1. The highest BCUT2D eigenvalue weighted by atomic mass is 16.3. The Bertz CT molecular complexity index is 847. The van der Waals surface area contributed by atoms with Gasteiger partial charge in [-0.3, -0.25) is 4.79 Å². The van der Waals surface area contributed by atoms with E-state index in [4.69, 9.17) is 4.42 Å². The second-order valence-corrected chi connectivity index (χ2v) is 6.37. The molecular weight excluding hydrogens is 312 g/mol. The minimum absolute atomic E-state index is 0.0214. The van der Waals surface area contributed by atoms with Crippen LogP contribution >= 0.6 is 0 Å². The summed E-state index contributed by atoms with van der Waals surface area (Å²) in [5.41, 5.74) is 3.91. The third kappa shape index (κ3) is 3.48. The van der Waals surface area contributed by atoms with Crippen LogP contribution in [0.2, 0.25) is 0 Å². The summed E-state index contributed by atoms with van der Waals surface area (Å²) in [5.74, 6) is 0.557. The fraction of sp³-hybridized carbons (Fsp3) is 0.238. The van der Waals surface area contributed by atoms with Gasteiger partial charge in [0.1, 0.15) is 6.26 Å². The Kier molecular flexibility index (Phi) is 4.34. The van der Waals surface area contributed by atoms with Gasteiger partial charge in [0.05, 0.1) is 0 Å². The fourth-order valence-electron chi connectivity index (χ4n) is 3.19. The van der Waals surface area contributed by atoms with Crippen molar-refractivity contribution in [3.63, 3.8) is 0 Å². The third-order valence-electron chi connectivity index (χ3n) is 4.58. The maximum absolute atomic E-state index is 12.3. The van der Waals surface area contributed by atoms with E-state index in [1.807, 2.05) is 23.1 Å². The molecule has 0 bridgehead atoms. The smallest absolute Gasteiger partial charge is 0.275 e. The van der Waals surface area contributed by atoms with Crippen LogP contribution in [0.1, 0.15) is 34.8 Å². The van der Waals surface area contributed by atoms with E-state index in [1.54, 1.807) is 0 Å². The molecule has 1 fully saturated rings. The molecule has 3 aromatic rings. The maximum Gasteiger partial charge on any atom is 0.275 e. The van der Waals surface area contributed by atoms with Gasteiger partial charge >= 0.3 is 0 Å². The van der Waals surface area contributed by atoms with E-state index in [-0.39, 0.29) is 5.91 Å². The number of oxazole rings is 1. The zero-order valence-corrected chi connectivity index (χ0v) is 14.0. The number of hydrogen-bond acceptors (Lipinski definition) is 3. The van der Waals surface area contributed by atoms with Crippen LogP contribution in [-0.4, -0.2) is 28.9 Å². The molecule has 25 heavy (non-hydrogen) atoms. The molecule has 4 rings (SSSR count). The highest BCUT2D eigenvalue weighted by molar-refractivity contribution is 5.92. The molecule has 1 aromatic heterocycles. The third-order valence-corrected chi connectivity index (χ3v) is 4.58. The normalized spacial score (nSPS) is 14.0. The number of nitrogens with zero attached hydrogens (tertiary/aromatic N) is 2. The lowest BCUT2D eigenvalue weighted by molar-refractivity contribution is 0.0787. The van der Waals surface area contributed by atoms with Gasteiger partial charge in [0, 0.05) is 19.5 Å². The van der Waals surface area contributed by atoms with Gasteiger partial charge in [-0.15, -0.1) is 0 Å². The van der Waals surface area contributed by atoms with Crippen molar-refractivity contribution in [2.24, 2.45) is 0 Å². The Morgan fingerprint density at radius 3 is 2.36 bits per heavy atom. The molecule has 4 heteroatoms. The van der Waals surface area contributed by atoms with Crippen LogP contribution in [0.5, 0.6) is 0 Å². The number of amides is 1. The zero-order valence-electron chi connectivity index (χ0n) is 14.0. The van der Waals surface area contributed by atoms with Crippen LogP contribution in [-0.2, 0) is 6.42 Å². The Morgan fingerprint density at radius 1 is 0.960 bits per heavy atom. The van der Waals surface area contributed by atoms with Gasteiger partial charge < -0.3 is 9.32 Å². The van der Waals surface area contributed by atoms with Crippen molar-refractivity contribution in [1.82, 2.24) is 9.88 Å². The molecule has 0 unspecified atom stereocenters. The van der Waals surface area contributed by atoms with Crippen molar-refractivity contribution < 1.29 is 9.21 Å². The van der Waals surface area contributed by atoms with E-state index >= 15 is 0 Å². The summed E-state index contributed by atoms with van der Waals surface area (Å²) in [4.78, 5) is 18.5. The van der Waals surface area contributed by atoms with E-state index in [1.165, 1.54) is 17.4 Å². The number of rotatable bonds is 4. The average molecular weight is 332 g/mol. The molecule has 0 aliphatic carbocycles. The topological polar surface area (TPSA) is 46.3 Å². The highest BCUT2D eigenvalue weighted by Crippen LogP contribution is 2.20. The van der Waals surface area contributed by atoms with Crippen LogP contribution in [0.15, 0.2) is 65.3 Å². The second kappa shape index (κ2) is 6.93. The molecule has 0 saturated carbocycles. The minimum Gasteiger partial charge on any atom is -0.448 e. The first-order valence-electron chi connectivity index (χ1n) is 8.68. The first kappa shape index (κ1) is 15.6. The Hall–Kier alpha value is -2.88. The van der Waals surface area contributed by atoms with Crippen LogP contribution in [0.4, 0.5) is 0 Å². The monoisotopic (exact) mass is 332 g/mol. The first-order valence-corrected chi connectivity index (χ1v) is 8.68. The summed E-state index contributed by atoms with van der Waals surface area (Å²) in [5, 5.41) is 0. The molecule has 4 nitrogen and oxygen atoms in total. The number of benzene rings is 2. The minimum atomic E-state index is -0.0214. The summed E-state index contributed by atoms with van der Waals surface area (Å²) in [6, 6.07) is 18.6. The largest absolute Gasteiger partial charge is 0.448 e. The van der Waals surface area contributed by atoms with Crippen molar-refractivity contribution in [3.05, 3.63) is 78.0 Å². The summed E-state index contributed by atoms with van der Waals surface area (Å²) < 4.78 is 5.51. The van der Waals surface area contributed by atoms with E-state index in [0.29, 0.717) is 18.0 Å². The predicted octanol–water partition coefficient (Wildman–Crippen LogP) is 4.17. The fourth-order valence-corrected chi connectivity index (χ4v) is 3.19. The summed E-state index contributed by atoms with van der Waals surface area (Å²) in [6.45, 7) is 1.64. The van der Waals surface area contributed by atoms with Gasteiger partial charge in [-0.1, -0.05) is 54.6 Å². The number of carbonyl (C=O) groups excluding carboxylic acids is 1. The standard InChI is InChI=1S/C21H20N2O2/c24-21(23-12-4-5-13-23)19-15-25-20(22-19)14-16-8-10-18(11-9-16)17-6-2-1-3-7-17/h1-3,6-11,15H,4-5,12-14H2. The number of hydrogen-bond donors (Lipinski definition) is 0. The molecule has 1 aliphatic heterocycles. The van der Waals surface area contributed by atoms with Gasteiger partial charge in [-0.2, -0.15) is 0 Å². The first-order chi connectivity index (χ1) is 12.3. The van der Waals surface area contributed by atoms with Crippen molar-refractivity contribution in [1.29, 1.82) is 0 Å². The van der Waals surface area contributed by atoms with Crippen molar-refractivity contribution in [2.75, 3.05) is 13.1 Å². The molecule has 126 valence electrons. The van der Waals surface area contributed by atoms with E-state index in [9.17, 15) is 4.79 Å². The lowest BCUT2D eigenvalue weighted by Crippen LogP contribution is -2.27. The molecule has 0 radical (unpaired) electrons. The molecule has 0 atom stereocenters. The van der Waals surface area contributed by atoms with E-state index in [2.05, 4.69) is 41.4 Å². The second-order valence-electron chi connectivity index (χ2n) is 6.37. The molecule has 0 spiro atoms.